The number of hydrogen-bond acceptors (Lipinski definition) is 7. The molecule has 0 aliphatic carbocycles. The van der Waals surface area contributed by atoms with Crippen molar-refractivity contribution in [3.63, 3.8) is 0 Å². The van der Waals surface area contributed by atoms with Gasteiger partial charge in [-0.25, -0.2) is 0 Å². The van der Waals surface area contributed by atoms with Crippen LogP contribution < -0.4 is 9.47 Å². The number of ether oxygens (including phenoxy) is 2. The van der Waals surface area contributed by atoms with Crippen LogP contribution in [-0.4, -0.2) is 63.9 Å². The Hall–Kier alpha value is -1.77. The molecule has 1 aromatic rings. The van der Waals surface area contributed by atoms with Gasteiger partial charge < -0.3 is 14.4 Å². The second-order valence-corrected chi connectivity index (χ2v) is 8.97. The number of nitrogens with zero attached hydrogens (tertiary/aromatic N) is 3. The molecule has 6 nitrogen and oxygen atoms in total. The van der Waals surface area contributed by atoms with E-state index in [0.29, 0.717) is 11.1 Å². The van der Waals surface area contributed by atoms with Gasteiger partial charge in [-0.1, -0.05) is 37.0 Å². The van der Waals surface area contributed by atoms with Crippen LogP contribution in [0.5, 0.6) is 11.5 Å². The molecule has 0 radical (unpaired) electrons. The van der Waals surface area contributed by atoms with E-state index in [9.17, 15) is 4.79 Å². The maximum atomic E-state index is 12.7. The van der Waals surface area contributed by atoms with Gasteiger partial charge in [0.15, 0.2) is 11.5 Å². The van der Waals surface area contributed by atoms with Gasteiger partial charge in [-0.05, 0) is 31.0 Å². The highest BCUT2D eigenvalue weighted by atomic mass is 32.2. The number of fused-ring (bicyclic) bond motifs is 1. The molecule has 1 atom stereocenters. The molecule has 1 unspecified atom stereocenters. The first-order valence-corrected chi connectivity index (χ1v) is 10.9. The lowest BCUT2D eigenvalue weighted by Crippen LogP contribution is -2.43. The van der Waals surface area contributed by atoms with Crippen LogP contribution in [0.2, 0.25) is 0 Å². The van der Waals surface area contributed by atoms with E-state index in [2.05, 4.69) is 28.9 Å². The van der Waals surface area contributed by atoms with Crippen LogP contribution >= 0.6 is 24.0 Å². The van der Waals surface area contributed by atoms with Gasteiger partial charge in [0.1, 0.15) is 4.32 Å². The molecule has 3 aliphatic heterocycles. The lowest BCUT2D eigenvalue weighted by Gasteiger charge is -2.34. The summed E-state index contributed by atoms with van der Waals surface area (Å²) in [6, 6.07) is 6.29. The molecule has 4 rings (SSSR count). The number of hydrogen-bond donors (Lipinski definition) is 0. The minimum Gasteiger partial charge on any atom is -0.454 e. The zero-order valence-corrected chi connectivity index (χ0v) is 17.9. The lowest BCUT2D eigenvalue weighted by atomic mass is 10.1. The van der Waals surface area contributed by atoms with E-state index in [1.807, 2.05) is 19.2 Å². The van der Waals surface area contributed by atoms with Crippen LogP contribution in [-0.2, 0) is 11.3 Å². The molecule has 0 N–H and O–H groups in total. The second-order valence-electron chi connectivity index (χ2n) is 7.29. The van der Waals surface area contributed by atoms with Crippen molar-refractivity contribution in [1.29, 1.82) is 0 Å². The van der Waals surface area contributed by atoms with Gasteiger partial charge in [-0.2, -0.15) is 0 Å². The maximum Gasteiger partial charge on any atom is 0.267 e. The number of carbonyl (C=O) groups excluding carboxylic acids is 1. The molecule has 2 fully saturated rings. The Morgan fingerprint density at radius 3 is 2.71 bits per heavy atom. The normalized spacial score (nSPS) is 22.4. The molecule has 3 heterocycles. The summed E-state index contributed by atoms with van der Waals surface area (Å²) in [5.41, 5.74) is 1.23. The van der Waals surface area contributed by atoms with Crippen molar-refractivity contribution in [2.45, 2.75) is 32.9 Å². The molecular weight excluding hydrogens is 394 g/mol. The van der Waals surface area contributed by atoms with Crippen LogP contribution in [0.15, 0.2) is 29.3 Å². The third-order valence-electron chi connectivity index (χ3n) is 5.41. The first-order valence-electron chi connectivity index (χ1n) is 9.67. The van der Waals surface area contributed by atoms with Crippen molar-refractivity contribution in [3.05, 3.63) is 34.9 Å². The molecule has 150 valence electrons. The van der Waals surface area contributed by atoms with E-state index in [0.717, 1.165) is 55.5 Å². The summed E-state index contributed by atoms with van der Waals surface area (Å²) in [5.74, 6) is 1.70. The summed E-state index contributed by atoms with van der Waals surface area (Å²) in [6.07, 6.45) is 2.90. The highest BCUT2D eigenvalue weighted by molar-refractivity contribution is 8.26. The largest absolute Gasteiger partial charge is 0.454 e. The summed E-state index contributed by atoms with van der Waals surface area (Å²) in [5, 5.41) is 0. The maximum absolute atomic E-state index is 12.7. The van der Waals surface area contributed by atoms with Gasteiger partial charge in [-0.15, -0.1) is 0 Å². The zero-order chi connectivity index (χ0) is 19.7. The molecule has 1 aromatic carbocycles. The van der Waals surface area contributed by atoms with Gasteiger partial charge in [0, 0.05) is 45.0 Å². The number of rotatable bonds is 5. The quantitative estimate of drug-likeness (QED) is 0.537. The minimum atomic E-state index is 0.0483. The number of carbonyl (C=O) groups is 1. The van der Waals surface area contributed by atoms with Crippen LogP contribution in [0.1, 0.15) is 25.8 Å². The number of thioether (sulfide) groups is 1. The predicted molar refractivity (Wildman–Crippen MR) is 114 cm³/mol. The number of thiocarbonyl (C=S) groups is 1. The van der Waals surface area contributed by atoms with Gasteiger partial charge in [0.25, 0.3) is 5.91 Å². The molecule has 1 amide bonds. The van der Waals surface area contributed by atoms with Gasteiger partial charge in [-0.3, -0.25) is 14.6 Å². The summed E-state index contributed by atoms with van der Waals surface area (Å²) >= 11 is 6.83. The van der Waals surface area contributed by atoms with Crippen LogP contribution in [0.4, 0.5) is 0 Å². The number of piperazine rings is 1. The second kappa shape index (κ2) is 8.31. The summed E-state index contributed by atoms with van der Waals surface area (Å²) < 4.78 is 11.5. The Morgan fingerprint density at radius 2 is 1.96 bits per heavy atom. The van der Waals surface area contributed by atoms with Crippen molar-refractivity contribution in [2.24, 2.45) is 0 Å². The van der Waals surface area contributed by atoms with Crippen LogP contribution in [0, 0.1) is 0 Å². The molecule has 0 spiro atoms. The van der Waals surface area contributed by atoms with Gasteiger partial charge >= 0.3 is 0 Å². The predicted octanol–water partition coefficient (Wildman–Crippen LogP) is 3.03. The van der Waals surface area contributed by atoms with Crippen molar-refractivity contribution in [3.8, 4) is 11.5 Å². The summed E-state index contributed by atoms with van der Waals surface area (Å²) in [6.45, 7) is 9.03. The smallest absolute Gasteiger partial charge is 0.267 e. The fourth-order valence-electron chi connectivity index (χ4n) is 3.55. The van der Waals surface area contributed by atoms with Gasteiger partial charge in [0.05, 0.1) is 4.91 Å². The zero-order valence-electron chi connectivity index (χ0n) is 16.2. The Morgan fingerprint density at radius 1 is 1.21 bits per heavy atom. The van der Waals surface area contributed by atoms with E-state index in [4.69, 9.17) is 21.7 Å². The molecule has 0 bridgehead atoms. The van der Waals surface area contributed by atoms with Crippen molar-refractivity contribution in [1.82, 2.24) is 14.7 Å². The highest BCUT2D eigenvalue weighted by Gasteiger charge is 2.35. The fraction of sp³-hybridized carbons (Fsp3) is 0.500. The van der Waals surface area contributed by atoms with Crippen molar-refractivity contribution < 1.29 is 14.3 Å². The SMILES string of the molecule is CCC(C)N1C(=O)/C(=C/N2CCN(Cc3ccc4c(c3)OCO4)CC2)SC1=S. The summed E-state index contributed by atoms with van der Waals surface area (Å²) in [4.78, 5) is 19.8. The fourth-order valence-corrected chi connectivity index (χ4v) is 5.02. The minimum absolute atomic E-state index is 0.0483. The molecule has 0 saturated carbocycles. The monoisotopic (exact) mass is 419 g/mol. The van der Waals surface area contributed by atoms with E-state index < -0.39 is 0 Å². The van der Waals surface area contributed by atoms with Crippen molar-refractivity contribution >= 4 is 34.2 Å². The third kappa shape index (κ3) is 3.99. The Kier molecular flexibility index (Phi) is 5.80. The average Bonchev–Trinajstić information content (AvgIpc) is 3.26. The summed E-state index contributed by atoms with van der Waals surface area (Å²) in [7, 11) is 0. The van der Waals surface area contributed by atoms with Crippen molar-refractivity contribution in [2.75, 3.05) is 33.0 Å². The molecule has 28 heavy (non-hydrogen) atoms. The van der Waals surface area contributed by atoms with Gasteiger partial charge in [0.2, 0.25) is 6.79 Å². The standard InChI is InChI=1S/C20H25N3O3S2/c1-3-14(2)23-19(24)18(28-20(23)27)12-22-8-6-21(7-9-22)11-15-4-5-16-17(10-15)26-13-25-16/h4-5,10,12,14H,3,6-9,11,13H2,1-2H3/b18-12-. The first kappa shape index (κ1) is 19.5. The topological polar surface area (TPSA) is 45.3 Å². The Labute approximate surface area is 175 Å². The molecule has 3 aliphatic rings. The van der Waals surface area contributed by atoms with E-state index in [1.54, 1.807) is 4.90 Å². The Bertz CT molecular complexity index is 806. The van der Waals surface area contributed by atoms with Crippen LogP contribution in [0.25, 0.3) is 0 Å². The third-order valence-corrected chi connectivity index (χ3v) is 6.72. The van der Waals surface area contributed by atoms with E-state index in [1.165, 1.54) is 17.3 Å². The highest BCUT2D eigenvalue weighted by Crippen LogP contribution is 2.34. The average molecular weight is 420 g/mol. The number of benzene rings is 1. The number of amides is 1. The molecule has 0 aromatic heterocycles. The lowest BCUT2D eigenvalue weighted by molar-refractivity contribution is -0.123. The van der Waals surface area contributed by atoms with E-state index in [-0.39, 0.29) is 11.9 Å². The molecular formula is C20H25N3O3S2. The van der Waals surface area contributed by atoms with E-state index >= 15 is 0 Å². The molecule has 8 heteroatoms. The Balaban J connectivity index is 1.32. The molecule has 2 saturated heterocycles. The van der Waals surface area contributed by atoms with Crippen LogP contribution in [0.3, 0.4) is 0 Å². The first-order chi connectivity index (χ1) is 13.5.